The molecule has 174 valence electrons. The maximum atomic E-state index is 13.2. The minimum absolute atomic E-state index is 0.0166. The van der Waals surface area contributed by atoms with E-state index in [0.717, 1.165) is 33.0 Å². The van der Waals surface area contributed by atoms with Crippen molar-refractivity contribution in [1.29, 1.82) is 0 Å². The van der Waals surface area contributed by atoms with Crippen molar-refractivity contribution in [1.82, 2.24) is 0 Å². The van der Waals surface area contributed by atoms with Gasteiger partial charge in [0.1, 0.15) is 5.75 Å². The Kier molecular flexibility index (Phi) is 5.40. The summed E-state index contributed by atoms with van der Waals surface area (Å²) in [4.78, 5) is 0. The molecule has 0 saturated carbocycles. The summed E-state index contributed by atoms with van der Waals surface area (Å²) in [5, 5.41) is 1.58. The number of halogens is 3. The smallest absolute Gasteiger partial charge is 0.376 e. The maximum absolute atomic E-state index is 13.2. The van der Waals surface area contributed by atoms with Gasteiger partial charge in [-0.15, -0.1) is 0 Å². The van der Waals surface area contributed by atoms with Crippen molar-refractivity contribution in [3.8, 4) is 5.75 Å². The van der Waals surface area contributed by atoms with Gasteiger partial charge in [0.05, 0.1) is 0 Å². The third kappa shape index (κ3) is 3.74. The van der Waals surface area contributed by atoms with Gasteiger partial charge in [-0.2, -0.15) is 21.6 Å². The quantitative estimate of drug-likeness (QED) is 0.231. The van der Waals surface area contributed by atoms with E-state index in [1.165, 1.54) is 6.07 Å². The lowest BCUT2D eigenvalue weighted by molar-refractivity contribution is -0.0500. The van der Waals surface area contributed by atoms with E-state index in [9.17, 15) is 21.6 Å². The van der Waals surface area contributed by atoms with E-state index in [1.807, 2.05) is 79.7 Å². The van der Waals surface area contributed by atoms with Crippen molar-refractivity contribution in [3.05, 3.63) is 113 Å². The SMILES string of the molecule is Cc1ccc2ccc(OS(=O)(=O)C(F)(F)F)c3c2c1C(c1ccccc1)C[C@H]3c1ccccc1. The molecule has 0 saturated heterocycles. The molecule has 0 heterocycles. The molecule has 7 heteroatoms. The van der Waals surface area contributed by atoms with Crippen molar-refractivity contribution in [2.24, 2.45) is 0 Å². The average Bonchev–Trinajstić information content (AvgIpc) is 2.82. The number of alkyl halides is 3. The molecule has 0 radical (unpaired) electrons. The molecule has 0 fully saturated rings. The normalized spacial score (nSPS) is 18.1. The second-order valence-electron chi connectivity index (χ2n) is 8.52. The van der Waals surface area contributed by atoms with Gasteiger partial charge in [0.25, 0.3) is 0 Å². The first-order valence-corrected chi connectivity index (χ1v) is 12.2. The standard InChI is InChI=1S/C27H21F3O3S/c1-17-12-13-20-14-15-23(33-34(31,32)27(28,29)30)26-22(19-10-6-3-7-11-19)16-21(24(17)25(20)26)18-8-4-2-5-9-18/h2-15,21-22H,16H2,1H3/t21?,22-/m0/s1. The molecule has 4 aromatic rings. The van der Waals surface area contributed by atoms with E-state index in [-0.39, 0.29) is 17.6 Å². The predicted molar refractivity (Wildman–Crippen MR) is 125 cm³/mol. The van der Waals surface area contributed by atoms with E-state index in [1.54, 1.807) is 6.07 Å². The summed E-state index contributed by atoms with van der Waals surface area (Å²) in [6.07, 6.45) is 0.563. The Hall–Kier alpha value is -3.32. The second kappa shape index (κ2) is 8.17. The first kappa shape index (κ1) is 22.5. The Balaban J connectivity index is 1.84. The molecule has 3 nitrogen and oxygen atoms in total. The van der Waals surface area contributed by atoms with Crippen molar-refractivity contribution < 1.29 is 25.8 Å². The summed E-state index contributed by atoms with van der Waals surface area (Å²) in [6.45, 7) is 1.97. The summed E-state index contributed by atoms with van der Waals surface area (Å²) >= 11 is 0. The van der Waals surface area contributed by atoms with E-state index in [2.05, 4.69) is 0 Å². The molecule has 4 aromatic carbocycles. The van der Waals surface area contributed by atoms with Crippen LogP contribution in [0.3, 0.4) is 0 Å². The van der Waals surface area contributed by atoms with E-state index >= 15 is 0 Å². The van der Waals surface area contributed by atoms with Crippen LogP contribution in [0, 0.1) is 6.92 Å². The molecule has 0 aromatic heterocycles. The van der Waals surface area contributed by atoms with Gasteiger partial charge in [-0.3, -0.25) is 0 Å². The van der Waals surface area contributed by atoms with Gasteiger partial charge >= 0.3 is 15.6 Å². The third-order valence-corrected chi connectivity index (χ3v) is 7.47. The van der Waals surface area contributed by atoms with Crippen LogP contribution in [0.15, 0.2) is 84.9 Å². The zero-order valence-electron chi connectivity index (χ0n) is 18.2. The molecule has 0 spiro atoms. The Labute approximate surface area is 195 Å². The van der Waals surface area contributed by atoms with Crippen molar-refractivity contribution >= 4 is 20.9 Å². The molecule has 2 atom stereocenters. The Morgan fingerprint density at radius 1 is 0.765 bits per heavy atom. The lowest BCUT2D eigenvalue weighted by Crippen LogP contribution is -2.29. The third-order valence-electron chi connectivity index (χ3n) is 6.50. The van der Waals surface area contributed by atoms with Crippen molar-refractivity contribution in [3.63, 3.8) is 0 Å². The lowest BCUT2D eigenvalue weighted by atomic mass is 9.69. The predicted octanol–water partition coefficient (Wildman–Crippen LogP) is 7.04. The number of aryl methyl sites for hydroxylation is 1. The summed E-state index contributed by atoms with van der Waals surface area (Å²) in [7, 11) is -5.82. The summed E-state index contributed by atoms with van der Waals surface area (Å²) in [5.41, 5.74) is -1.09. The zero-order chi connectivity index (χ0) is 24.1. The molecule has 0 bridgehead atoms. The highest BCUT2D eigenvalue weighted by molar-refractivity contribution is 7.88. The van der Waals surface area contributed by atoms with E-state index < -0.39 is 15.6 Å². The van der Waals surface area contributed by atoms with Crippen molar-refractivity contribution in [2.45, 2.75) is 30.7 Å². The molecule has 1 aliphatic carbocycles. The van der Waals surface area contributed by atoms with Crippen molar-refractivity contribution in [2.75, 3.05) is 0 Å². The molecule has 34 heavy (non-hydrogen) atoms. The number of hydrogen-bond acceptors (Lipinski definition) is 3. The maximum Gasteiger partial charge on any atom is 0.534 e. The summed E-state index contributed by atoms with van der Waals surface area (Å²) < 4.78 is 68.4. The Bertz CT molecular complexity index is 1460. The monoisotopic (exact) mass is 482 g/mol. The van der Waals surface area contributed by atoms with Gasteiger partial charge in [-0.25, -0.2) is 0 Å². The van der Waals surface area contributed by atoms with Gasteiger partial charge in [-0.1, -0.05) is 78.9 Å². The largest absolute Gasteiger partial charge is 0.534 e. The molecule has 1 aliphatic rings. The van der Waals surface area contributed by atoms with Crippen LogP contribution in [0.4, 0.5) is 13.2 Å². The molecule has 1 unspecified atom stereocenters. The zero-order valence-corrected chi connectivity index (χ0v) is 19.0. The first-order chi connectivity index (χ1) is 16.2. The van der Waals surface area contributed by atoms with Crippen LogP contribution in [-0.2, 0) is 10.1 Å². The van der Waals surface area contributed by atoms with Gasteiger partial charge in [0.15, 0.2) is 0 Å². The molecule has 0 amide bonds. The second-order valence-corrected chi connectivity index (χ2v) is 10.1. The van der Waals surface area contributed by atoms with Crippen LogP contribution in [-0.4, -0.2) is 13.9 Å². The fraction of sp³-hybridized carbons (Fsp3) is 0.185. The van der Waals surface area contributed by atoms with Crippen LogP contribution in [0.2, 0.25) is 0 Å². The Morgan fingerprint density at radius 2 is 1.29 bits per heavy atom. The van der Waals surface area contributed by atoms with Crippen LogP contribution in [0.25, 0.3) is 10.8 Å². The minimum Gasteiger partial charge on any atom is -0.376 e. The first-order valence-electron chi connectivity index (χ1n) is 10.8. The van der Waals surface area contributed by atoms with E-state index in [4.69, 9.17) is 4.18 Å². The molecular weight excluding hydrogens is 461 g/mol. The molecule has 0 N–H and O–H groups in total. The molecule has 5 rings (SSSR count). The molecular formula is C27H21F3O3S. The Morgan fingerprint density at radius 3 is 1.85 bits per heavy atom. The van der Waals surface area contributed by atoms with Gasteiger partial charge in [0.2, 0.25) is 0 Å². The summed E-state index contributed by atoms with van der Waals surface area (Å²) in [6, 6.07) is 26.2. The van der Waals surface area contributed by atoms with Crippen LogP contribution >= 0.6 is 0 Å². The number of rotatable bonds is 4. The van der Waals surface area contributed by atoms with Crippen LogP contribution in [0.1, 0.15) is 46.1 Å². The fourth-order valence-corrected chi connectivity index (χ4v) is 5.52. The highest BCUT2D eigenvalue weighted by Crippen LogP contribution is 2.52. The topological polar surface area (TPSA) is 43.4 Å². The lowest BCUT2D eigenvalue weighted by Gasteiger charge is -2.35. The summed E-state index contributed by atoms with van der Waals surface area (Å²) in [5.74, 6) is -0.656. The number of benzene rings is 4. The van der Waals surface area contributed by atoms with Gasteiger partial charge in [0, 0.05) is 17.4 Å². The number of hydrogen-bond donors (Lipinski definition) is 0. The van der Waals surface area contributed by atoms with Gasteiger partial charge < -0.3 is 4.18 Å². The average molecular weight is 483 g/mol. The highest BCUT2D eigenvalue weighted by atomic mass is 32.2. The molecule has 0 aliphatic heterocycles. The fourth-order valence-electron chi connectivity index (χ4n) is 5.04. The van der Waals surface area contributed by atoms with Crippen LogP contribution in [0.5, 0.6) is 5.75 Å². The van der Waals surface area contributed by atoms with Crippen LogP contribution < -0.4 is 4.18 Å². The highest BCUT2D eigenvalue weighted by Gasteiger charge is 2.49. The minimum atomic E-state index is -5.82. The van der Waals surface area contributed by atoms with Gasteiger partial charge in [-0.05, 0) is 52.4 Å². The van der Waals surface area contributed by atoms with E-state index in [0.29, 0.717) is 12.0 Å².